The molecule has 0 aliphatic heterocycles. The van der Waals surface area contributed by atoms with Crippen LogP contribution in [0.3, 0.4) is 0 Å². The summed E-state index contributed by atoms with van der Waals surface area (Å²) in [5.41, 5.74) is 12.1. The van der Waals surface area contributed by atoms with Crippen LogP contribution in [0, 0.1) is 13.8 Å². The van der Waals surface area contributed by atoms with Crippen LogP contribution in [0.2, 0.25) is 0 Å². The van der Waals surface area contributed by atoms with Gasteiger partial charge in [0.05, 0.1) is 11.4 Å². The predicted octanol–water partition coefficient (Wildman–Crippen LogP) is 2.44. The lowest BCUT2D eigenvalue weighted by Gasteiger charge is -2.06. The van der Waals surface area contributed by atoms with Crippen LogP contribution in [-0.2, 0) is 6.42 Å². The third kappa shape index (κ3) is 1.58. The summed E-state index contributed by atoms with van der Waals surface area (Å²) in [4.78, 5) is 0. The minimum Gasteiger partial charge on any atom is -0.324 e. The normalized spacial score (nSPS) is 18.4. The summed E-state index contributed by atoms with van der Waals surface area (Å²) in [5.74, 6) is 0. The van der Waals surface area contributed by atoms with Gasteiger partial charge in [0.25, 0.3) is 0 Å². The van der Waals surface area contributed by atoms with Gasteiger partial charge in [-0.05, 0) is 44.4 Å². The molecule has 17 heavy (non-hydrogen) atoms. The molecule has 1 aliphatic carbocycles. The quantitative estimate of drug-likeness (QED) is 0.813. The van der Waals surface area contributed by atoms with Gasteiger partial charge in [0.2, 0.25) is 0 Å². The minimum absolute atomic E-state index is 0.170. The molecule has 0 bridgehead atoms. The van der Waals surface area contributed by atoms with Crippen molar-refractivity contribution in [3.8, 4) is 5.69 Å². The van der Waals surface area contributed by atoms with Crippen molar-refractivity contribution in [3.05, 3.63) is 46.8 Å². The van der Waals surface area contributed by atoms with E-state index in [4.69, 9.17) is 5.73 Å². The lowest BCUT2D eigenvalue weighted by molar-refractivity contribution is 0.685. The SMILES string of the molecule is Cc1cccc(-n2nc(C)c3c2CCC3N)c1. The van der Waals surface area contributed by atoms with Crippen LogP contribution < -0.4 is 5.73 Å². The molecule has 1 atom stereocenters. The Morgan fingerprint density at radius 3 is 2.94 bits per heavy atom. The Morgan fingerprint density at radius 2 is 2.18 bits per heavy atom. The molecule has 0 saturated carbocycles. The molecule has 3 heteroatoms. The van der Waals surface area contributed by atoms with E-state index in [1.54, 1.807) is 0 Å². The molecule has 1 heterocycles. The first kappa shape index (κ1) is 10.5. The van der Waals surface area contributed by atoms with Crippen LogP contribution in [0.1, 0.15) is 35.0 Å². The summed E-state index contributed by atoms with van der Waals surface area (Å²) in [6.07, 6.45) is 2.07. The molecule has 1 aromatic carbocycles. The largest absolute Gasteiger partial charge is 0.324 e. The maximum Gasteiger partial charge on any atom is 0.0651 e. The predicted molar refractivity (Wildman–Crippen MR) is 68.3 cm³/mol. The Hall–Kier alpha value is -1.61. The van der Waals surface area contributed by atoms with Crippen LogP contribution >= 0.6 is 0 Å². The number of hydrogen-bond donors (Lipinski definition) is 1. The van der Waals surface area contributed by atoms with E-state index >= 15 is 0 Å². The van der Waals surface area contributed by atoms with Gasteiger partial charge in [0.15, 0.2) is 0 Å². The van der Waals surface area contributed by atoms with Crippen molar-refractivity contribution in [2.24, 2.45) is 5.73 Å². The van der Waals surface area contributed by atoms with Gasteiger partial charge in [-0.15, -0.1) is 0 Å². The van der Waals surface area contributed by atoms with E-state index in [0.29, 0.717) is 0 Å². The third-order valence-electron chi connectivity index (χ3n) is 3.52. The molecule has 0 spiro atoms. The van der Waals surface area contributed by atoms with Gasteiger partial charge >= 0.3 is 0 Å². The number of benzene rings is 1. The molecule has 0 saturated heterocycles. The number of nitrogens with zero attached hydrogens (tertiary/aromatic N) is 2. The van der Waals surface area contributed by atoms with Crippen molar-refractivity contribution in [1.82, 2.24) is 9.78 Å². The molecule has 0 amide bonds. The molecular formula is C14H17N3. The second-order valence-electron chi connectivity index (χ2n) is 4.84. The van der Waals surface area contributed by atoms with Crippen LogP contribution in [0.25, 0.3) is 5.69 Å². The van der Waals surface area contributed by atoms with Crippen molar-refractivity contribution >= 4 is 0 Å². The molecule has 1 unspecified atom stereocenters. The van der Waals surface area contributed by atoms with E-state index in [9.17, 15) is 0 Å². The number of rotatable bonds is 1. The summed E-state index contributed by atoms with van der Waals surface area (Å²) >= 11 is 0. The summed E-state index contributed by atoms with van der Waals surface area (Å²) in [7, 11) is 0. The molecule has 1 aliphatic rings. The first-order valence-corrected chi connectivity index (χ1v) is 6.08. The summed E-state index contributed by atoms with van der Waals surface area (Å²) in [6, 6.07) is 8.61. The van der Waals surface area contributed by atoms with E-state index < -0.39 is 0 Å². The topological polar surface area (TPSA) is 43.8 Å². The summed E-state index contributed by atoms with van der Waals surface area (Å²) in [6.45, 7) is 4.15. The lowest BCUT2D eigenvalue weighted by atomic mass is 10.1. The average Bonchev–Trinajstić information content (AvgIpc) is 2.82. The molecule has 0 fully saturated rings. The molecule has 1 aromatic heterocycles. The Balaban J connectivity index is 2.17. The smallest absolute Gasteiger partial charge is 0.0651 e. The van der Waals surface area contributed by atoms with Crippen LogP contribution in [0.15, 0.2) is 24.3 Å². The Labute approximate surface area is 101 Å². The fourth-order valence-corrected chi connectivity index (χ4v) is 2.72. The number of hydrogen-bond acceptors (Lipinski definition) is 2. The zero-order chi connectivity index (χ0) is 12.0. The highest BCUT2D eigenvalue weighted by Crippen LogP contribution is 2.33. The second kappa shape index (κ2) is 3.70. The van der Waals surface area contributed by atoms with Gasteiger partial charge < -0.3 is 5.73 Å². The van der Waals surface area contributed by atoms with Crippen LogP contribution in [-0.4, -0.2) is 9.78 Å². The van der Waals surface area contributed by atoms with Crippen LogP contribution in [0.5, 0.6) is 0 Å². The van der Waals surface area contributed by atoms with Gasteiger partial charge in [0, 0.05) is 17.3 Å². The van der Waals surface area contributed by atoms with E-state index in [1.807, 2.05) is 0 Å². The highest BCUT2D eigenvalue weighted by molar-refractivity contribution is 5.42. The Bertz CT molecular complexity index is 569. The van der Waals surface area contributed by atoms with E-state index in [1.165, 1.54) is 16.8 Å². The third-order valence-corrected chi connectivity index (χ3v) is 3.52. The average molecular weight is 227 g/mol. The molecule has 3 rings (SSSR count). The maximum atomic E-state index is 6.12. The molecule has 88 valence electrons. The first-order valence-electron chi connectivity index (χ1n) is 6.08. The Morgan fingerprint density at radius 1 is 1.35 bits per heavy atom. The number of fused-ring (bicyclic) bond motifs is 1. The number of nitrogens with two attached hydrogens (primary N) is 1. The zero-order valence-corrected chi connectivity index (χ0v) is 10.3. The molecule has 0 radical (unpaired) electrons. The highest BCUT2D eigenvalue weighted by atomic mass is 15.3. The monoisotopic (exact) mass is 227 g/mol. The highest BCUT2D eigenvalue weighted by Gasteiger charge is 2.27. The summed E-state index contributed by atoms with van der Waals surface area (Å²) < 4.78 is 2.06. The Kier molecular flexibility index (Phi) is 2.30. The first-order chi connectivity index (χ1) is 8.16. The van der Waals surface area contributed by atoms with E-state index in [-0.39, 0.29) is 6.04 Å². The lowest BCUT2D eigenvalue weighted by Crippen LogP contribution is -2.06. The van der Waals surface area contributed by atoms with Crippen molar-refractivity contribution in [2.45, 2.75) is 32.7 Å². The fraction of sp³-hybridized carbons (Fsp3) is 0.357. The van der Waals surface area contributed by atoms with Crippen LogP contribution in [0.4, 0.5) is 0 Å². The van der Waals surface area contributed by atoms with E-state index in [2.05, 4.69) is 47.9 Å². The second-order valence-corrected chi connectivity index (χ2v) is 4.84. The number of aromatic nitrogens is 2. The molecular weight excluding hydrogens is 210 g/mol. The molecule has 3 nitrogen and oxygen atoms in total. The summed E-state index contributed by atoms with van der Waals surface area (Å²) in [5, 5.41) is 4.63. The minimum atomic E-state index is 0.170. The molecule has 2 N–H and O–H groups in total. The zero-order valence-electron chi connectivity index (χ0n) is 10.3. The van der Waals surface area contributed by atoms with E-state index in [0.717, 1.165) is 24.2 Å². The van der Waals surface area contributed by atoms with Gasteiger partial charge in [-0.2, -0.15) is 5.10 Å². The van der Waals surface area contributed by atoms with Crippen molar-refractivity contribution in [1.29, 1.82) is 0 Å². The maximum absolute atomic E-state index is 6.12. The van der Waals surface area contributed by atoms with Crippen molar-refractivity contribution in [3.63, 3.8) is 0 Å². The van der Waals surface area contributed by atoms with Crippen molar-refractivity contribution in [2.75, 3.05) is 0 Å². The van der Waals surface area contributed by atoms with Crippen molar-refractivity contribution < 1.29 is 0 Å². The van der Waals surface area contributed by atoms with Gasteiger partial charge in [-0.25, -0.2) is 4.68 Å². The molecule has 2 aromatic rings. The van der Waals surface area contributed by atoms with Gasteiger partial charge in [0.1, 0.15) is 0 Å². The van der Waals surface area contributed by atoms with Gasteiger partial charge in [-0.3, -0.25) is 0 Å². The number of aryl methyl sites for hydroxylation is 2. The fourth-order valence-electron chi connectivity index (χ4n) is 2.72. The standard InChI is InChI=1S/C14H17N3/c1-9-4-3-5-11(8-9)17-13-7-6-12(15)14(13)10(2)16-17/h3-5,8,12H,6-7,15H2,1-2H3. The van der Waals surface area contributed by atoms with Gasteiger partial charge in [-0.1, -0.05) is 12.1 Å².